The molecular formula is C21H24N6. The lowest BCUT2D eigenvalue weighted by Crippen LogP contribution is -2.35. The number of hydrogen-bond donors (Lipinski definition) is 2. The van der Waals surface area contributed by atoms with Crippen LogP contribution in [0.25, 0.3) is 11.1 Å². The molecule has 1 aliphatic rings. The highest BCUT2D eigenvalue weighted by Crippen LogP contribution is 2.36. The van der Waals surface area contributed by atoms with Gasteiger partial charge in [0.15, 0.2) is 0 Å². The Kier molecular flexibility index (Phi) is 4.62. The van der Waals surface area contributed by atoms with Crippen LogP contribution in [0.2, 0.25) is 0 Å². The van der Waals surface area contributed by atoms with Gasteiger partial charge in [0.05, 0.1) is 5.69 Å². The molecule has 1 saturated heterocycles. The number of nitrogens with two attached hydrogens (primary N) is 2. The van der Waals surface area contributed by atoms with E-state index in [1.54, 1.807) is 12.3 Å². The van der Waals surface area contributed by atoms with Crippen molar-refractivity contribution in [1.82, 2.24) is 15.0 Å². The van der Waals surface area contributed by atoms with Crippen LogP contribution in [0.5, 0.6) is 0 Å². The molecule has 6 nitrogen and oxygen atoms in total. The van der Waals surface area contributed by atoms with Gasteiger partial charge in [0.2, 0.25) is 5.95 Å². The van der Waals surface area contributed by atoms with Crippen molar-refractivity contribution in [2.24, 2.45) is 0 Å². The standard InChI is InChI=1S/C21H24N6/c1-14-19(16-9-10-18(22)24-12-16)20(26-21(23)25-14)27-11-5-8-17(13-27)15-6-3-2-4-7-15/h2-4,6-7,9-10,12,17H,5,8,11,13H2,1H3,(H2,22,24)(H2,23,25,26). The Balaban J connectivity index is 1.73. The van der Waals surface area contributed by atoms with Crippen molar-refractivity contribution >= 4 is 17.6 Å². The van der Waals surface area contributed by atoms with E-state index in [1.807, 2.05) is 13.0 Å². The van der Waals surface area contributed by atoms with Crippen molar-refractivity contribution in [3.8, 4) is 11.1 Å². The van der Waals surface area contributed by atoms with Crippen LogP contribution in [0.15, 0.2) is 48.7 Å². The molecule has 0 bridgehead atoms. The van der Waals surface area contributed by atoms with Crippen molar-refractivity contribution in [3.05, 3.63) is 59.9 Å². The Morgan fingerprint density at radius 3 is 2.59 bits per heavy atom. The van der Waals surface area contributed by atoms with Crippen LogP contribution in [0.1, 0.15) is 30.0 Å². The Hall–Kier alpha value is -3.15. The highest BCUT2D eigenvalue weighted by molar-refractivity contribution is 5.78. The first-order valence-corrected chi connectivity index (χ1v) is 9.27. The Morgan fingerprint density at radius 1 is 1.04 bits per heavy atom. The third-order valence-corrected chi connectivity index (χ3v) is 5.16. The summed E-state index contributed by atoms with van der Waals surface area (Å²) in [6.07, 6.45) is 4.07. The molecule has 3 aromatic rings. The van der Waals surface area contributed by atoms with E-state index in [0.29, 0.717) is 17.7 Å². The van der Waals surface area contributed by atoms with E-state index in [9.17, 15) is 0 Å². The molecule has 1 fully saturated rings. The molecule has 3 heterocycles. The number of nitrogen functional groups attached to an aromatic ring is 2. The number of rotatable bonds is 3. The van der Waals surface area contributed by atoms with Gasteiger partial charge in [-0.15, -0.1) is 0 Å². The predicted octanol–water partition coefficient (Wildman–Crippen LogP) is 3.40. The summed E-state index contributed by atoms with van der Waals surface area (Å²) >= 11 is 0. The first kappa shape index (κ1) is 17.3. The maximum Gasteiger partial charge on any atom is 0.222 e. The molecular weight excluding hydrogens is 336 g/mol. The van der Waals surface area contributed by atoms with Crippen LogP contribution in [0.4, 0.5) is 17.6 Å². The second-order valence-corrected chi connectivity index (χ2v) is 7.03. The average molecular weight is 360 g/mol. The van der Waals surface area contributed by atoms with Crippen molar-refractivity contribution < 1.29 is 0 Å². The zero-order valence-electron chi connectivity index (χ0n) is 15.5. The number of pyridine rings is 1. The van der Waals surface area contributed by atoms with Crippen LogP contribution in [0.3, 0.4) is 0 Å². The fourth-order valence-electron chi connectivity index (χ4n) is 3.87. The second kappa shape index (κ2) is 7.23. The lowest BCUT2D eigenvalue weighted by molar-refractivity contribution is 0.507. The molecule has 4 N–H and O–H groups in total. The molecule has 2 aromatic heterocycles. The third-order valence-electron chi connectivity index (χ3n) is 5.16. The first-order valence-electron chi connectivity index (χ1n) is 9.27. The van der Waals surface area contributed by atoms with Crippen LogP contribution < -0.4 is 16.4 Å². The molecule has 1 unspecified atom stereocenters. The largest absolute Gasteiger partial charge is 0.384 e. The number of aryl methyl sites for hydroxylation is 1. The van der Waals surface area contributed by atoms with Gasteiger partial charge in [-0.05, 0) is 37.5 Å². The van der Waals surface area contributed by atoms with Crippen LogP contribution in [-0.2, 0) is 0 Å². The zero-order valence-corrected chi connectivity index (χ0v) is 15.5. The monoisotopic (exact) mass is 360 g/mol. The predicted molar refractivity (Wildman–Crippen MR) is 109 cm³/mol. The summed E-state index contributed by atoms with van der Waals surface area (Å²) in [4.78, 5) is 15.6. The minimum atomic E-state index is 0.302. The molecule has 27 heavy (non-hydrogen) atoms. The van der Waals surface area contributed by atoms with E-state index in [2.05, 4.69) is 50.2 Å². The van der Waals surface area contributed by atoms with Crippen molar-refractivity contribution in [3.63, 3.8) is 0 Å². The molecule has 1 atom stereocenters. The van der Waals surface area contributed by atoms with E-state index in [1.165, 1.54) is 12.0 Å². The Bertz CT molecular complexity index is 923. The lowest BCUT2D eigenvalue weighted by Gasteiger charge is -2.35. The van der Waals surface area contributed by atoms with Crippen LogP contribution in [0, 0.1) is 6.92 Å². The van der Waals surface area contributed by atoms with Gasteiger partial charge in [0.1, 0.15) is 11.6 Å². The normalized spacial score (nSPS) is 17.1. The van der Waals surface area contributed by atoms with Crippen molar-refractivity contribution in [1.29, 1.82) is 0 Å². The summed E-state index contributed by atoms with van der Waals surface area (Å²) in [5, 5.41) is 0. The number of aromatic nitrogens is 3. The number of anilines is 3. The Morgan fingerprint density at radius 2 is 1.85 bits per heavy atom. The third kappa shape index (κ3) is 3.56. The summed E-state index contributed by atoms with van der Waals surface area (Å²) < 4.78 is 0. The smallest absolute Gasteiger partial charge is 0.222 e. The average Bonchev–Trinajstić information content (AvgIpc) is 2.69. The molecule has 4 rings (SSSR count). The molecule has 0 spiro atoms. The summed E-state index contributed by atoms with van der Waals surface area (Å²) in [6.45, 7) is 3.83. The SMILES string of the molecule is Cc1nc(N)nc(N2CCCC(c3ccccc3)C2)c1-c1ccc(N)nc1. The van der Waals surface area contributed by atoms with Gasteiger partial charge >= 0.3 is 0 Å². The van der Waals surface area contributed by atoms with Crippen LogP contribution >= 0.6 is 0 Å². The van der Waals surface area contributed by atoms with Crippen molar-refractivity contribution in [2.45, 2.75) is 25.7 Å². The van der Waals surface area contributed by atoms with Gasteiger partial charge in [-0.3, -0.25) is 0 Å². The van der Waals surface area contributed by atoms with Gasteiger partial charge in [-0.25, -0.2) is 9.97 Å². The number of benzene rings is 1. The molecule has 0 amide bonds. The van der Waals surface area contributed by atoms with E-state index in [0.717, 1.165) is 42.1 Å². The molecule has 6 heteroatoms. The molecule has 0 aliphatic carbocycles. The highest BCUT2D eigenvalue weighted by Gasteiger charge is 2.26. The van der Waals surface area contributed by atoms with E-state index in [-0.39, 0.29) is 0 Å². The van der Waals surface area contributed by atoms with E-state index < -0.39 is 0 Å². The molecule has 0 saturated carbocycles. The topological polar surface area (TPSA) is 94.0 Å². The fraction of sp³-hybridized carbons (Fsp3) is 0.286. The first-order chi connectivity index (χ1) is 13.1. The maximum absolute atomic E-state index is 6.00. The lowest BCUT2D eigenvalue weighted by atomic mass is 9.90. The molecule has 138 valence electrons. The minimum Gasteiger partial charge on any atom is -0.384 e. The van der Waals surface area contributed by atoms with Gasteiger partial charge in [0.25, 0.3) is 0 Å². The van der Waals surface area contributed by atoms with Gasteiger partial charge in [0, 0.05) is 36.3 Å². The highest BCUT2D eigenvalue weighted by atomic mass is 15.2. The van der Waals surface area contributed by atoms with Gasteiger partial charge in [-0.1, -0.05) is 30.3 Å². The maximum atomic E-state index is 6.00. The van der Waals surface area contributed by atoms with E-state index >= 15 is 0 Å². The molecule has 1 aromatic carbocycles. The zero-order chi connectivity index (χ0) is 18.8. The number of hydrogen-bond acceptors (Lipinski definition) is 6. The quantitative estimate of drug-likeness (QED) is 0.743. The fourth-order valence-corrected chi connectivity index (χ4v) is 3.87. The van der Waals surface area contributed by atoms with Crippen LogP contribution in [-0.4, -0.2) is 28.0 Å². The summed E-state index contributed by atoms with van der Waals surface area (Å²) in [6, 6.07) is 14.4. The van der Waals surface area contributed by atoms with Gasteiger partial charge in [-0.2, -0.15) is 4.98 Å². The molecule has 0 radical (unpaired) electrons. The number of piperidine rings is 1. The Labute approximate surface area is 159 Å². The molecule has 1 aliphatic heterocycles. The summed E-state index contributed by atoms with van der Waals surface area (Å²) in [7, 11) is 0. The minimum absolute atomic E-state index is 0.302. The van der Waals surface area contributed by atoms with E-state index in [4.69, 9.17) is 11.5 Å². The summed E-state index contributed by atoms with van der Waals surface area (Å²) in [5.74, 6) is 2.16. The van der Waals surface area contributed by atoms with Crippen molar-refractivity contribution in [2.75, 3.05) is 29.5 Å². The summed E-state index contributed by atoms with van der Waals surface area (Å²) in [5.41, 5.74) is 15.9. The number of nitrogens with zero attached hydrogens (tertiary/aromatic N) is 4. The van der Waals surface area contributed by atoms with Gasteiger partial charge < -0.3 is 16.4 Å². The second-order valence-electron chi connectivity index (χ2n) is 7.03.